The summed E-state index contributed by atoms with van der Waals surface area (Å²) in [6, 6.07) is 0. The van der Waals surface area contributed by atoms with E-state index in [0.717, 1.165) is 6.08 Å². The minimum atomic E-state index is -2.58. The summed E-state index contributed by atoms with van der Waals surface area (Å²) in [5, 5.41) is 18.3. The molecule has 0 aromatic carbocycles. The fraction of sp³-hybridized carbons (Fsp3) is 0.455. The van der Waals surface area contributed by atoms with Crippen LogP contribution in [-0.4, -0.2) is 28.1 Å². The van der Waals surface area contributed by atoms with Crippen LogP contribution in [-0.2, 0) is 19.1 Å². The van der Waals surface area contributed by atoms with Gasteiger partial charge in [-0.05, 0) is 19.4 Å². The van der Waals surface area contributed by atoms with Crippen molar-refractivity contribution in [3.8, 4) is 0 Å². The van der Waals surface area contributed by atoms with Crippen LogP contribution in [0.3, 0.4) is 0 Å². The van der Waals surface area contributed by atoms with Crippen LogP contribution in [0.25, 0.3) is 0 Å². The Balaban J connectivity index is 4.88. The van der Waals surface area contributed by atoms with Crippen molar-refractivity contribution in [1.82, 2.24) is 0 Å². The highest BCUT2D eigenvalue weighted by Crippen LogP contribution is 2.14. The topological polar surface area (TPSA) is 93.1 Å². The maximum Gasteiger partial charge on any atom is 0.378 e. The summed E-state index contributed by atoms with van der Waals surface area (Å²) in [5.41, 5.74) is 0.358. The molecule has 0 unspecified atom stereocenters. The van der Waals surface area contributed by atoms with E-state index in [-0.39, 0.29) is 6.42 Å². The molecule has 0 aromatic rings. The van der Waals surface area contributed by atoms with Crippen LogP contribution >= 0.6 is 0 Å². The number of hydrogen-bond acceptors (Lipinski definition) is 6. The summed E-state index contributed by atoms with van der Waals surface area (Å²) in [7, 11) is 0. The van der Waals surface area contributed by atoms with Gasteiger partial charge in [0.25, 0.3) is 0 Å². The van der Waals surface area contributed by atoms with Crippen LogP contribution in [0.5, 0.6) is 0 Å². The van der Waals surface area contributed by atoms with Crippen LogP contribution in [0.1, 0.15) is 27.2 Å². The molecule has 0 saturated carbocycles. The van der Waals surface area contributed by atoms with Gasteiger partial charge in [-0.25, -0.2) is 9.59 Å². The van der Waals surface area contributed by atoms with Gasteiger partial charge in [0.1, 0.15) is 0 Å². The highest BCUT2D eigenvalue weighted by molar-refractivity contribution is 5.92. The second-order valence-electron chi connectivity index (χ2n) is 3.44. The smallest absolute Gasteiger partial charge is 0.378 e. The van der Waals surface area contributed by atoms with Crippen molar-refractivity contribution in [2.24, 2.45) is 0 Å². The van der Waals surface area contributed by atoms with Gasteiger partial charge in [0.05, 0.1) is 0 Å². The molecule has 0 aliphatic rings. The number of aliphatic hydroxyl groups is 2. The molecule has 0 heterocycles. The Labute approximate surface area is 99.1 Å². The van der Waals surface area contributed by atoms with E-state index in [1.165, 1.54) is 20.8 Å². The molecule has 0 atom stereocenters. The molecule has 0 radical (unpaired) electrons. The summed E-state index contributed by atoms with van der Waals surface area (Å²) in [5.74, 6) is -4.95. The second-order valence-corrected chi connectivity index (χ2v) is 3.44. The number of hydrogen-bond donors (Lipinski definition) is 2. The molecule has 2 N–H and O–H groups in total. The third kappa shape index (κ3) is 5.28. The first-order valence-electron chi connectivity index (χ1n) is 4.93. The highest BCUT2D eigenvalue weighted by atomic mass is 16.8. The summed E-state index contributed by atoms with van der Waals surface area (Å²) < 4.78 is 9.00. The summed E-state index contributed by atoms with van der Waals surface area (Å²) in [6.07, 6.45) is 0.658. The fourth-order valence-electron chi connectivity index (χ4n) is 0.757. The van der Waals surface area contributed by atoms with Crippen molar-refractivity contribution in [1.29, 1.82) is 0 Å². The molecule has 0 amide bonds. The van der Waals surface area contributed by atoms with Gasteiger partial charge in [-0.2, -0.15) is 0 Å². The molecule has 0 spiro atoms. The number of esters is 2. The lowest BCUT2D eigenvalue weighted by molar-refractivity contribution is -0.319. The molecular weight excluding hydrogens is 228 g/mol. The zero-order valence-corrected chi connectivity index (χ0v) is 10.0. The molecule has 96 valence electrons. The monoisotopic (exact) mass is 244 g/mol. The predicted molar refractivity (Wildman–Crippen MR) is 58.2 cm³/mol. The van der Waals surface area contributed by atoms with Crippen molar-refractivity contribution in [2.45, 2.75) is 33.2 Å². The predicted octanol–water partition coefficient (Wildman–Crippen LogP) is 0.601. The van der Waals surface area contributed by atoms with Crippen molar-refractivity contribution >= 4 is 11.9 Å². The molecular formula is C11H16O6. The Morgan fingerprint density at radius 1 is 1.35 bits per heavy atom. The first-order chi connectivity index (χ1) is 7.73. The number of carbonyl (C=O) groups excluding carboxylic acids is 2. The third-order valence-corrected chi connectivity index (χ3v) is 1.73. The molecule has 0 saturated heterocycles. The summed E-state index contributed by atoms with van der Waals surface area (Å²) in [4.78, 5) is 22.5. The van der Waals surface area contributed by atoms with Gasteiger partial charge in [0.15, 0.2) is 0 Å². The Bertz CT molecular complexity index is 349. The lowest BCUT2D eigenvalue weighted by atomic mass is 10.3. The van der Waals surface area contributed by atoms with Gasteiger partial charge in [-0.1, -0.05) is 13.5 Å². The van der Waals surface area contributed by atoms with Crippen molar-refractivity contribution < 1.29 is 29.3 Å². The first-order valence-corrected chi connectivity index (χ1v) is 4.93. The zero-order valence-electron chi connectivity index (χ0n) is 10.0. The third-order valence-electron chi connectivity index (χ3n) is 1.73. The minimum Gasteiger partial charge on any atom is -0.416 e. The van der Waals surface area contributed by atoms with E-state index in [4.69, 9.17) is 10.2 Å². The largest absolute Gasteiger partial charge is 0.416 e. The fourth-order valence-corrected chi connectivity index (χ4v) is 0.757. The van der Waals surface area contributed by atoms with Crippen LogP contribution in [0, 0.1) is 0 Å². The van der Waals surface area contributed by atoms with Gasteiger partial charge in [-0.15, -0.1) is 0 Å². The Hall–Kier alpha value is -1.66. The van der Waals surface area contributed by atoms with Gasteiger partial charge in [-0.3, -0.25) is 0 Å². The average Bonchev–Trinajstić information content (AvgIpc) is 2.24. The van der Waals surface area contributed by atoms with E-state index in [2.05, 4.69) is 16.1 Å². The lowest BCUT2D eigenvalue weighted by Gasteiger charge is -2.20. The number of carbonyl (C=O) groups is 2. The summed E-state index contributed by atoms with van der Waals surface area (Å²) in [6.45, 7) is 7.60. The van der Waals surface area contributed by atoms with Crippen LogP contribution in [0.15, 0.2) is 24.0 Å². The van der Waals surface area contributed by atoms with Gasteiger partial charge >= 0.3 is 17.9 Å². The van der Waals surface area contributed by atoms with Gasteiger partial charge < -0.3 is 19.7 Å². The molecule has 0 rings (SSSR count). The Morgan fingerprint density at radius 3 is 2.24 bits per heavy atom. The highest BCUT2D eigenvalue weighted by Gasteiger charge is 2.29. The van der Waals surface area contributed by atoms with E-state index >= 15 is 0 Å². The molecule has 0 bridgehead atoms. The lowest BCUT2D eigenvalue weighted by Crippen LogP contribution is -2.35. The number of ether oxygens (including phenoxy) is 2. The first kappa shape index (κ1) is 15.3. The summed E-state index contributed by atoms with van der Waals surface area (Å²) >= 11 is 0. The Morgan fingerprint density at radius 2 is 1.88 bits per heavy atom. The quantitative estimate of drug-likeness (QED) is 0.318. The van der Waals surface area contributed by atoms with Crippen molar-refractivity contribution in [2.75, 3.05) is 0 Å². The van der Waals surface area contributed by atoms with E-state index in [0.29, 0.717) is 5.57 Å². The van der Waals surface area contributed by atoms with E-state index < -0.39 is 23.7 Å². The van der Waals surface area contributed by atoms with Crippen molar-refractivity contribution in [3.63, 3.8) is 0 Å². The standard InChI is InChI=1S/C11H16O6/c1-5-8(12)16-9(7(3)4)10(13)17-11(14,15)6-2/h5,14-15H,1,6H2,2-4H3. The molecule has 6 nitrogen and oxygen atoms in total. The van der Waals surface area contributed by atoms with Crippen LogP contribution in [0.4, 0.5) is 0 Å². The molecule has 0 aliphatic carbocycles. The number of rotatable bonds is 5. The second kappa shape index (κ2) is 6.17. The van der Waals surface area contributed by atoms with Gasteiger partial charge in [0.2, 0.25) is 5.76 Å². The maximum absolute atomic E-state index is 11.5. The van der Waals surface area contributed by atoms with Crippen LogP contribution in [0.2, 0.25) is 0 Å². The zero-order chi connectivity index (χ0) is 13.6. The van der Waals surface area contributed by atoms with E-state index in [1.54, 1.807) is 0 Å². The number of allylic oxidation sites excluding steroid dienone is 1. The normalized spacial score (nSPS) is 10.4. The van der Waals surface area contributed by atoms with Crippen molar-refractivity contribution in [3.05, 3.63) is 24.0 Å². The van der Waals surface area contributed by atoms with E-state index in [9.17, 15) is 9.59 Å². The SMILES string of the molecule is C=CC(=O)OC(C(=O)OC(O)(O)CC)=C(C)C. The molecule has 17 heavy (non-hydrogen) atoms. The molecule has 0 aromatic heterocycles. The molecule has 6 heteroatoms. The molecule has 0 fully saturated rings. The average molecular weight is 244 g/mol. The van der Waals surface area contributed by atoms with Crippen LogP contribution < -0.4 is 0 Å². The molecule has 0 aliphatic heterocycles. The Kier molecular flexibility index (Phi) is 5.57. The maximum atomic E-state index is 11.5. The minimum absolute atomic E-state index is 0.218. The van der Waals surface area contributed by atoms with Gasteiger partial charge in [0, 0.05) is 12.5 Å². The van der Waals surface area contributed by atoms with E-state index in [1.807, 2.05) is 0 Å².